The highest BCUT2D eigenvalue weighted by Gasteiger charge is 2.19. The molecule has 0 fully saturated rings. The van der Waals surface area contributed by atoms with E-state index in [0.717, 1.165) is 0 Å². The number of anilines is 1. The molecule has 0 spiro atoms. The fraction of sp³-hybridized carbons (Fsp3) is 0.500. The molecule has 2 heterocycles. The third kappa shape index (κ3) is 3.08. The minimum absolute atomic E-state index is 0.202. The lowest BCUT2D eigenvalue weighted by molar-refractivity contribution is 0.469. The van der Waals surface area contributed by atoms with Crippen molar-refractivity contribution in [2.24, 2.45) is 5.92 Å². The van der Waals surface area contributed by atoms with Gasteiger partial charge in [-0.05, 0) is 24.4 Å². The second-order valence-corrected chi connectivity index (χ2v) is 5.39. The van der Waals surface area contributed by atoms with E-state index >= 15 is 0 Å². The molecular weight excluding hydrogens is 248 g/mol. The maximum absolute atomic E-state index is 5.51. The van der Waals surface area contributed by atoms with Crippen LogP contribution in [0.3, 0.4) is 0 Å². The number of thiophene rings is 1. The van der Waals surface area contributed by atoms with Crippen LogP contribution in [0.5, 0.6) is 0 Å². The van der Waals surface area contributed by atoms with Gasteiger partial charge in [0.25, 0.3) is 0 Å². The Hall–Kier alpha value is -1.40. The van der Waals surface area contributed by atoms with Crippen molar-refractivity contribution in [1.29, 1.82) is 0 Å². The van der Waals surface area contributed by atoms with Gasteiger partial charge in [0.15, 0.2) is 0 Å². The number of hydrogen-bond donors (Lipinski definition) is 2. The van der Waals surface area contributed by atoms with Crippen molar-refractivity contribution >= 4 is 17.4 Å². The summed E-state index contributed by atoms with van der Waals surface area (Å²) in [6.45, 7) is 4.92. The SMILES string of the molecule is CNCc1nnc(NC(c2cccs2)C(C)C)o1. The lowest BCUT2D eigenvalue weighted by atomic mass is 10.0. The summed E-state index contributed by atoms with van der Waals surface area (Å²) in [5.41, 5.74) is 0. The summed E-state index contributed by atoms with van der Waals surface area (Å²) in [6.07, 6.45) is 0. The van der Waals surface area contributed by atoms with Crippen LogP contribution in [0, 0.1) is 5.92 Å². The molecule has 0 aliphatic heterocycles. The molecule has 18 heavy (non-hydrogen) atoms. The van der Waals surface area contributed by atoms with Crippen LogP contribution in [-0.4, -0.2) is 17.2 Å². The molecule has 0 saturated carbocycles. The first-order valence-electron chi connectivity index (χ1n) is 5.97. The normalized spacial score (nSPS) is 12.9. The summed E-state index contributed by atoms with van der Waals surface area (Å²) in [4.78, 5) is 1.28. The molecule has 5 nitrogen and oxygen atoms in total. The van der Waals surface area contributed by atoms with Gasteiger partial charge in [0.1, 0.15) is 0 Å². The molecule has 2 rings (SSSR count). The Morgan fingerprint density at radius 1 is 1.39 bits per heavy atom. The Kier molecular flexibility index (Phi) is 4.33. The minimum Gasteiger partial charge on any atom is -0.407 e. The number of aromatic nitrogens is 2. The summed E-state index contributed by atoms with van der Waals surface area (Å²) >= 11 is 1.73. The smallest absolute Gasteiger partial charge is 0.316 e. The third-order valence-corrected chi connectivity index (χ3v) is 3.55. The fourth-order valence-electron chi connectivity index (χ4n) is 1.70. The number of nitrogens with zero attached hydrogens (tertiary/aromatic N) is 2. The molecule has 0 aliphatic carbocycles. The maximum Gasteiger partial charge on any atom is 0.316 e. The van der Waals surface area contributed by atoms with Crippen LogP contribution in [0.1, 0.15) is 30.7 Å². The maximum atomic E-state index is 5.51. The van der Waals surface area contributed by atoms with E-state index in [9.17, 15) is 0 Å². The molecule has 0 aliphatic rings. The zero-order valence-corrected chi connectivity index (χ0v) is 11.6. The Balaban J connectivity index is 2.09. The van der Waals surface area contributed by atoms with Crippen molar-refractivity contribution < 1.29 is 4.42 Å². The van der Waals surface area contributed by atoms with Gasteiger partial charge in [-0.15, -0.1) is 16.4 Å². The lowest BCUT2D eigenvalue weighted by Crippen LogP contribution is -2.15. The van der Waals surface area contributed by atoms with Crippen LogP contribution in [0.4, 0.5) is 6.01 Å². The van der Waals surface area contributed by atoms with Crippen LogP contribution in [0.2, 0.25) is 0 Å². The Morgan fingerprint density at radius 2 is 2.22 bits per heavy atom. The van der Waals surface area contributed by atoms with E-state index in [1.807, 2.05) is 7.05 Å². The number of nitrogens with one attached hydrogen (secondary N) is 2. The van der Waals surface area contributed by atoms with Gasteiger partial charge in [0, 0.05) is 4.88 Å². The molecule has 0 saturated heterocycles. The van der Waals surface area contributed by atoms with E-state index < -0.39 is 0 Å². The summed E-state index contributed by atoms with van der Waals surface area (Å²) in [5.74, 6) is 1.04. The largest absolute Gasteiger partial charge is 0.407 e. The van der Waals surface area contributed by atoms with E-state index in [0.29, 0.717) is 24.4 Å². The van der Waals surface area contributed by atoms with Crippen molar-refractivity contribution in [1.82, 2.24) is 15.5 Å². The van der Waals surface area contributed by atoms with Gasteiger partial charge in [0.2, 0.25) is 5.89 Å². The first kappa shape index (κ1) is 13.0. The van der Waals surface area contributed by atoms with Crippen molar-refractivity contribution in [2.45, 2.75) is 26.4 Å². The Labute approximate surface area is 111 Å². The van der Waals surface area contributed by atoms with Crippen molar-refractivity contribution in [3.05, 3.63) is 28.3 Å². The van der Waals surface area contributed by atoms with Crippen LogP contribution >= 0.6 is 11.3 Å². The van der Waals surface area contributed by atoms with Crippen LogP contribution in [0.25, 0.3) is 0 Å². The molecule has 98 valence electrons. The molecular formula is C12H18N4OS. The van der Waals surface area contributed by atoms with Crippen molar-refractivity contribution in [3.8, 4) is 0 Å². The Morgan fingerprint density at radius 3 is 2.83 bits per heavy atom. The first-order valence-corrected chi connectivity index (χ1v) is 6.85. The third-order valence-electron chi connectivity index (χ3n) is 2.59. The fourth-order valence-corrected chi connectivity index (χ4v) is 2.65. The second kappa shape index (κ2) is 5.97. The number of hydrogen-bond acceptors (Lipinski definition) is 6. The van der Waals surface area contributed by atoms with E-state index in [-0.39, 0.29) is 6.04 Å². The van der Waals surface area contributed by atoms with E-state index in [4.69, 9.17) is 4.42 Å². The van der Waals surface area contributed by atoms with Crippen molar-refractivity contribution in [2.75, 3.05) is 12.4 Å². The monoisotopic (exact) mass is 266 g/mol. The second-order valence-electron chi connectivity index (χ2n) is 4.41. The minimum atomic E-state index is 0.202. The van der Waals surface area contributed by atoms with Gasteiger partial charge >= 0.3 is 6.01 Å². The molecule has 6 heteroatoms. The molecule has 0 amide bonds. The highest BCUT2D eigenvalue weighted by Crippen LogP contribution is 2.29. The van der Waals surface area contributed by atoms with Gasteiger partial charge in [0.05, 0.1) is 12.6 Å². The van der Waals surface area contributed by atoms with Gasteiger partial charge in [-0.3, -0.25) is 0 Å². The van der Waals surface area contributed by atoms with E-state index in [1.54, 1.807) is 11.3 Å². The molecule has 2 aromatic rings. The van der Waals surface area contributed by atoms with Gasteiger partial charge < -0.3 is 15.1 Å². The molecule has 2 aromatic heterocycles. The van der Waals surface area contributed by atoms with E-state index in [1.165, 1.54) is 4.88 Å². The molecule has 0 bridgehead atoms. The average Bonchev–Trinajstić information content (AvgIpc) is 2.96. The summed E-state index contributed by atoms with van der Waals surface area (Å²) in [7, 11) is 1.85. The molecule has 0 aromatic carbocycles. The zero-order valence-electron chi connectivity index (χ0n) is 10.8. The van der Waals surface area contributed by atoms with Crippen LogP contribution in [-0.2, 0) is 6.54 Å². The molecule has 0 radical (unpaired) electrons. The zero-order chi connectivity index (χ0) is 13.0. The van der Waals surface area contributed by atoms with Crippen LogP contribution < -0.4 is 10.6 Å². The Bertz CT molecular complexity index is 466. The molecule has 1 unspecified atom stereocenters. The highest BCUT2D eigenvalue weighted by atomic mass is 32.1. The van der Waals surface area contributed by atoms with Gasteiger partial charge in [-0.25, -0.2) is 0 Å². The van der Waals surface area contributed by atoms with Gasteiger partial charge in [-0.2, -0.15) is 0 Å². The standard InChI is InChI=1S/C12H18N4OS/c1-8(2)11(9-5-4-6-18-9)14-12-16-15-10(17-12)7-13-3/h4-6,8,11,13H,7H2,1-3H3,(H,14,16). The van der Waals surface area contributed by atoms with E-state index in [2.05, 4.69) is 52.2 Å². The highest BCUT2D eigenvalue weighted by molar-refractivity contribution is 7.10. The predicted octanol–water partition coefficient (Wildman–Crippen LogP) is 2.66. The summed E-state index contributed by atoms with van der Waals surface area (Å²) in [5, 5.41) is 16.3. The summed E-state index contributed by atoms with van der Waals surface area (Å²) in [6, 6.07) is 4.85. The lowest BCUT2D eigenvalue weighted by Gasteiger charge is -2.19. The number of rotatable bonds is 6. The summed E-state index contributed by atoms with van der Waals surface area (Å²) < 4.78 is 5.51. The first-order chi connectivity index (χ1) is 8.70. The predicted molar refractivity (Wildman–Crippen MR) is 72.6 cm³/mol. The van der Waals surface area contributed by atoms with Gasteiger partial charge in [-0.1, -0.05) is 25.0 Å². The van der Waals surface area contributed by atoms with Crippen molar-refractivity contribution in [3.63, 3.8) is 0 Å². The average molecular weight is 266 g/mol. The topological polar surface area (TPSA) is 63.0 Å². The quantitative estimate of drug-likeness (QED) is 0.841. The molecule has 2 N–H and O–H groups in total. The van der Waals surface area contributed by atoms with Crippen LogP contribution in [0.15, 0.2) is 21.9 Å². The molecule has 1 atom stereocenters.